The predicted octanol–water partition coefficient (Wildman–Crippen LogP) is 3.81. The molecule has 0 aliphatic carbocycles. The van der Waals surface area contributed by atoms with Crippen molar-refractivity contribution < 1.29 is 0 Å². The molecule has 1 aliphatic rings. The van der Waals surface area contributed by atoms with Gasteiger partial charge >= 0.3 is 0 Å². The third-order valence-electron chi connectivity index (χ3n) is 4.91. The van der Waals surface area contributed by atoms with Gasteiger partial charge in [-0.25, -0.2) is 0 Å². The maximum absolute atomic E-state index is 4.72. The van der Waals surface area contributed by atoms with E-state index in [1.807, 2.05) is 23.1 Å². The van der Waals surface area contributed by atoms with Gasteiger partial charge in [0.05, 0.1) is 6.04 Å². The second kappa shape index (κ2) is 11.9. The second-order valence-electron chi connectivity index (χ2n) is 7.04. The Bertz CT molecular complexity index is 709. The minimum atomic E-state index is 0. The third kappa shape index (κ3) is 6.68. The van der Waals surface area contributed by atoms with Crippen molar-refractivity contribution in [2.75, 3.05) is 31.1 Å². The zero-order valence-corrected chi connectivity index (χ0v) is 19.3. The number of benzene rings is 1. The Balaban J connectivity index is 0.00000280. The van der Waals surface area contributed by atoms with Crippen LogP contribution in [0.2, 0.25) is 0 Å². The van der Waals surface area contributed by atoms with E-state index in [-0.39, 0.29) is 30.0 Å². The molecular formula is C21H33IN6. The molecule has 1 aromatic carbocycles. The number of aliphatic imine (C=N–C) groups is 1. The van der Waals surface area contributed by atoms with Crippen LogP contribution >= 0.6 is 24.0 Å². The monoisotopic (exact) mass is 496 g/mol. The Labute approximate surface area is 185 Å². The van der Waals surface area contributed by atoms with Gasteiger partial charge < -0.3 is 15.5 Å². The SMILES string of the molecule is CCNC(=NCCCn1cccn1)NC(C)c1cccc(N2CCCC2)c1.I. The molecule has 1 unspecified atom stereocenters. The molecule has 28 heavy (non-hydrogen) atoms. The van der Waals surface area contributed by atoms with Crippen LogP contribution in [0, 0.1) is 0 Å². The van der Waals surface area contributed by atoms with Crippen molar-refractivity contribution in [3.8, 4) is 0 Å². The van der Waals surface area contributed by atoms with Crippen LogP contribution in [-0.2, 0) is 6.54 Å². The summed E-state index contributed by atoms with van der Waals surface area (Å²) in [6.07, 6.45) is 7.37. The number of hydrogen-bond acceptors (Lipinski definition) is 3. The van der Waals surface area contributed by atoms with Crippen LogP contribution in [0.4, 0.5) is 5.69 Å². The number of guanidine groups is 1. The number of hydrogen-bond donors (Lipinski definition) is 2. The summed E-state index contributed by atoms with van der Waals surface area (Å²) >= 11 is 0. The molecule has 1 aliphatic heterocycles. The van der Waals surface area contributed by atoms with Crippen molar-refractivity contribution >= 4 is 35.6 Å². The first-order chi connectivity index (χ1) is 13.3. The van der Waals surface area contributed by atoms with Crippen LogP contribution < -0.4 is 15.5 Å². The lowest BCUT2D eigenvalue weighted by molar-refractivity contribution is 0.582. The van der Waals surface area contributed by atoms with Crippen molar-refractivity contribution in [3.63, 3.8) is 0 Å². The number of aromatic nitrogens is 2. The van der Waals surface area contributed by atoms with Gasteiger partial charge in [-0.2, -0.15) is 5.10 Å². The molecule has 2 aromatic rings. The zero-order valence-electron chi connectivity index (χ0n) is 17.0. The maximum atomic E-state index is 4.72. The minimum absolute atomic E-state index is 0. The Morgan fingerprint density at radius 1 is 1.25 bits per heavy atom. The summed E-state index contributed by atoms with van der Waals surface area (Å²) in [6.45, 7) is 9.15. The highest BCUT2D eigenvalue weighted by molar-refractivity contribution is 14.0. The first-order valence-electron chi connectivity index (χ1n) is 10.1. The lowest BCUT2D eigenvalue weighted by Gasteiger charge is -2.22. The lowest BCUT2D eigenvalue weighted by Crippen LogP contribution is -2.38. The second-order valence-corrected chi connectivity index (χ2v) is 7.04. The average Bonchev–Trinajstić information content (AvgIpc) is 3.39. The van der Waals surface area contributed by atoms with Gasteiger partial charge in [-0.1, -0.05) is 12.1 Å². The average molecular weight is 496 g/mol. The van der Waals surface area contributed by atoms with Crippen LogP contribution in [0.15, 0.2) is 47.7 Å². The first-order valence-corrected chi connectivity index (χ1v) is 10.1. The molecule has 154 valence electrons. The van der Waals surface area contributed by atoms with Crippen LogP contribution in [0.5, 0.6) is 0 Å². The predicted molar refractivity (Wildman–Crippen MR) is 128 cm³/mol. The zero-order chi connectivity index (χ0) is 18.9. The van der Waals surface area contributed by atoms with Gasteiger partial charge in [0, 0.05) is 50.8 Å². The molecular weight excluding hydrogens is 463 g/mol. The Hall–Kier alpha value is -1.77. The van der Waals surface area contributed by atoms with Gasteiger partial charge in [-0.15, -0.1) is 24.0 Å². The fraction of sp³-hybridized carbons (Fsp3) is 0.524. The summed E-state index contributed by atoms with van der Waals surface area (Å²) in [5, 5.41) is 11.1. The largest absolute Gasteiger partial charge is 0.372 e. The molecule has 0 spiro atoms. The molecule has 7 heteroatoms. The van der Waals surface area contributed by atoms with E-state index in [1.165, 1.54) is 37.2 Å². The Morgan fingerprint density at radius 2 is 2.07 bits per heavy atom. The number of nitrogens with one attached hydrogen (secondary N) is 2. The molecule has 0 amide bonds. The summed E-state index contributed by atoms with van der Waals surface area (Å²) in [6, 6.07) is 11.0. The molecule has 0 bridgehead atoms. The highest BCUT2D eigenvalue weighted by atomic mass is 127. The third-order valence-corrected chi connectivity index (χ3v) is 4.91. The van der Waals surface area contributed by atoms with E-state index >= 15 is 0 Å². The summed E-state index contributed by atoms with van der Waals surface area (Å²) in [5.41, 5.74) is 2.63. The van der Waals surface area contributed by atoms with E-state index in [0.717, 1.165) is 32.0 Å². The standard InChI is InChI=1S/C21H32N6.HI/c1-3-22-21(23-11-7-15-27-16-8-12-24-27)25-18(2)19-9-6-10-20(17-19)26-13-4-5-14-26;/h6,8-10,12,16-18H,3-5,7,11,13-15H2,1-2H3,(H2,22,23,25);1H. The van der Waals surface area contributed by atoms with E-state index in [9.17, 15) is 0 Å². The quantitative estimate of drug-likeness (QED) is 0.253. The molecule has 1 atom stereocenters. The number of nitrogens with zero attached hydrogens (tertiary/aromatic N) is 4. The molecule has 0 radical (unpaired) electrons. The summed E-state index contributed by atoms with van der Waals surface area (Å²) in [7, 11) is 0. The van der Waals surface area contributed by atoms with Crippen molar-refractivity contribution in [2.45, 2.75) is 45.7 Å². The molecule has 2 N–H and O–H groups in total. The normalized spacial score (nSPS) is 15.2. The topological polar surface area (TPSA) is 57.5 Å². The molecule has 6 nitrogen and oxygen atoms in total. The fourth-order valence-corrected chi connectivity index (χ4v) is 3.43. The molecule has 3 rings (SSSR count). The molecule has 1 fully saturated rings. The highest BCUT2D eigenvalue weighted by Gasteiger charge is 2.14. The van der Waals surface area contributed by atoms with Gasteiger partial charge in [0.2, 0.25) is 0 Å². The molecule has 0 saturated carbocycles. The fourth-order valence-electron chi connectivity index (χ4n) is 3.43. The van der Waals surface area contributed by atoms with Gasteiger partial charge in [0.1, 0.15) is 0 Å². The lowest BCUT2D eigenvalue weighted by atomic mass is 10.1. The van der Waals surface area contributed by atoms with E-state index in [2.05, 4.69) is 58.7 Å². The van der Waals surface area contributed by atoms with Gasteiger partial charge in [-0.3, -0.25) is 9.67 Å². The van der Waals surface area contributed by atoms with Crippen LogP contribution in [-0.4, -0.2) is 41.9 Å². The maximum Gasteiger partial charge on any atom is 0.191 e. The number of anilines is 1. The van der Waals surface area contributed by atoms with Crippen molar-refractivity contribution in [3.05, 3.63) is 48.3 Å². The van der Waals surface area contributed by atoms with Crippen LogP contribution in [0.3, 0.4) is 0 Å². The molecule has 1 saturated heterocycles. The number of halogens is 1. The van der Waals surface area contributed by atoms with Gasteiger partial charge in [-0.05, 0) is 56.9 Å². The molecule has 2 heterocycles. The number of rotatable bonds is 8. The summed E-state index contributed by atoms with van der Waals surface area (Å²) in [4.78, 5) is 7.20. The molecule has 1 aromatic heterocycles. The van der Waals surface area contributed by atoms with Crippen LogP contribution in [0.1, 0.15) is 44.7 Å². The van der Waals surface area contributed by atoms with E-state index in [4.69, 9.17) is 4.99 Å². The van der Waals surface area contributed by atoms with Gasteiger partial charge in [0.15, 0.2) is 5.96 Å². The smallest absolute Gasteiger partial charge is 0.191 e. The Morgan fingerprint density at radius 3 is 2.79 bits per heavy atom. The van der Waals surface area contributed by atoms with Crippen molar-refractivity contribution in [1.82, 2.24) is 20.4 Å². The van der Waals surface area contributed by atoms with Crippen LogP contribution in [0.25, 0.3) is 0 Å². The van der Waals surface area contributed by atoms with E-state index in [1.54, 1.807) is 0 Å². The van der Waals surface area contributed by atoms with Crippen molar-refractivity contribution in [1.29, 1.82) is 0 Å². The first kappa shape index (κ1) is 22.5. The van der Waals surface area contributed by atoms with E-state index < -0.39 is 0 Å². The van der Waals surface area contributed by atoms with E-state index in [0.29, 0.717) is 0 Å². The Kier molecular flexibility index (Phi) is 9.60. The summed E-state index contributed by atoms with van der Waals surface area (Å²) in [5.74, 6) is 0.872. The minimum Gasteiger partial charge on any atom is -0.372 e. The highest BCUT2D eigenvalue weighted by Crippen LogP contribution is 2.23. The van der Waals surface area contributed by atoms with Crippen molar-refractivity contribution in [2.24, 2.45) is 4.99 Å². The number of aryl methyl sites for hydroxylation is 1. The van der Waals surface area contributed by atoms with Gasteiger partial charge in [0.25, 0.3) is 0 Å². The summed E-state index contributed by atoms with van der Waals surface area (Å²) < 4.78 is 1.95.